The molecule has 7 N–H and O–H groups in total. The monoisotopic (exact) mass is 890 g/mol. The van der Waals surface area contributed by atoms with Crippen LogP contribution in [0.15, 0.2) is 41.7 Å². The first-order valence-corrected chi connectivity index (χ1v) is 22.0. The number of carboxylic acids is 1. The van der Waals surface area contributed by atoms with Crippen molar-refractivity contribution in [2.75, 3.05) is 6.54 Å². The van der Waals surface area contributed by atoms with E-state index in [9.17, 15) is 51.9 Å². The number of nitrogens with zero attached hydrogens (tertiary/aromatic N) is 2. The number of carbonyl (C=O) groups excluding carboxylic acids is 7. The molecule has 334 valence electrons. The smallest absolute Gasteiger partial charge is 0.335 e. The second kappa shape index (κ2) is 23.5. The van der Waals surface area contributed by atoms with Crippen LogP contribution in [0.4, 0.5) is 0 Å². The quantitative estimate of drug-likeness (QED) is 0.0835. The Morgan fingerprint density at radius 1 is 0.836 bits per heavy atom. The van der Waals surface area contributed by atoms with Gasteiger partial charge in [0.2, 0.25) is 23.5 Å². The van der Waals surface area contributed by atoms with Crippen LogP contribution in [0.1, 0.15) is 113 Å². The normalized spacial score (nSPS) is 15.5. The fourth-order valence-corrected chi connectivity index (χ4v) is 8.18. The van der Waals surface area contributed by atoms with Crippen LogP contribution in [-0.2, 0) is 38.8 Å². The summed E-state index contributed by atoms with van der Waals surface area (Å²) in [7, 11) is -4.70. The van der Waals surface area contributed by atoms with Gasteiger partial charge in [-0.1, -0.05) is 84.7 Å². The van der Waals surface area contributed by atoms with Crippen molar-refractivity contribution in [3.63, 3.8) is 0 Å². The minimum absolute atomic E-state index is 0.00250. The highest BCUT2D eigenvalue weighted by molar-refractivity contribution is 7.90. The van der Waals surface area contributed by atoms with Gasteiger partial charge < -0.3 is 31.7 Å². The summed E-state index contributed by atoms with van der Waals surface area (Å²) in [5.74, 6) is -8.29. The van der Waals surface area contributed by atoms with Crippen LogP contribution < -0.4 is 31.3 Å². The molecule has 1 aromatic heterocycles. The molecule has 0 aliphatic heterocycles. The van der Waals surface area contributed by atoms with Gasteiger partial charge in [0.25, 0.3) is 27.7 Å². The Morgan fingerprint density at radius 3 is 2.08 bits per heavy atom. The molecule has 1 unspecified atom stereocenters. The second-order valence-electron chi connectivity index (χ2n) is 15.4. The molecular formula is C40H55ClN8O11S. The standard InChI is InChI=1S/C40H55ClN8O11S/c1-6-23(5)33(48-36(53)28(17-22(3)4)46-37(54)30-20-42-15-16-43-30)38(55)47-29(18-24-11-9-8-10-12-24)35(52)45-27(7-2)34(51)39(56)44-21-32(50)49-61(59,60)31-19-25(40(57)58)13-14-26(31)41/h13-16,19-20,22-24,27-29,33H,6-12,17-18,21H2,1-5H3,(H,44,56)(H,45,52)(H,46,54)(H,47,55)(H,48,53)(H,49,50)(H,57,58)/t23-,27?,28-,29-,33-/m0/s1. The van der Waals surface area contributed by atoms with Gasteiger partial charge in [-0.3, -0.25) is 38.5 Å². The number of halogens is 1. The van der Waals surface area contributed by atoms with Gasteiger partial charge in [0, 0.05) is 12.4 Å². The molecule has 0 spiro atoms. The third-order valence-electron chi connectivity index (χ3n) is 10.2. The van der Waals surface area contributed by atoms with Gasteiger partial charge in [-0.15, -0.1) is 0 Å². The summed E-state index contributed by atoms with van der Waals surface area (Å²) in [6.07, 6.45) is 9.26. The summed E-state index contributed by atoms with van der Waals surface area (Å²) in [5, 5.41) is 21.6. The topological polar surface area (TPSA) is 289 Å². The SMILES string of the molecule is CCC(NC(=O)[C@H](CC1CCCCC1)NC(=O)[C@@H](NC(=O)[C@H](CC(C)C)NC(=O)c1cnccn1)[C@@H](C)CC)C(=O)C(=O)NCC(=O)NS(=O)(=O)c1cc(C(=O)O)ccc1Cl. The van der Waals surface area contributed by atoms with Gasteiger partial charge in [-0.2, -0.15) is 0 Å². The van der Waals surface area contributed by atoms with Crippen molar-refractivity contribution in [2.24, 2.45) is 17.8 Å². The number of aromatic carboxylic acids is 1. The van der Waals surface area contributed by atoms with E-state index < -0.39 is 104 Å². The first-order valence-electron chi connectivity index (χ1n) is 20.2. The number of carbonyl (C=O) groups is 8. The lowest BCUT2D eigenvalue weighted by Crippen LogP contribution is -2.60. The zero-order valence-electron chi connectivity index (χ0n) is 34.8. The summed E-state index contributed by atoms with van der Waals surface area (Å²) in [6, 6.07) is -1.94. The number of rotatable bonds is 22. The van der Waals surface area contributed by atoms with E-state index in [1.807, 2.05) is 26.1 Å². The van der Waals surface area contributed by atoms with Gasteiger partial charge in [-0.25, -0.2) is 22.9 Å². The predicted molar refractivity (Wildman–Crippen MR) is 221 cm³/mol. The molecule has 5 atom stereocenters. The lowest BCUT2D eigenvalue weighted by atomic mass is 9.84. The van der Waals surface area contributed by atoms with E-state index in [1.54, 1.807) is 11.6 Å². The van der Waals surface area contributed by atoms with Crippen LogP contribution in [0.2, 0.25) is 5.02 Å². The molecule has 61 heavy (non-hydrogen) atoms. The molecule has 21 heteroatoms. The fraction of sp³-hybridized carbons (Fsp3) is 0.550. The second-order valence-corrected chi connectivity index (χ2v) is 17.5. The zero-order chi connectivity index (χ0) is 45.4. The van der Waals surface area contributed by atoms with Crippen LogP contribution in [0, 0.1) is 17.8 Å². The van der Waals surface area contributed by atoms with Gasteiger partial charge in [0.15, 0.2) is 0 Å². The molecule has 1 aromatic carbocycles. The number of aromatic nitrogens is 2. The van der Waals surface area contributed by atoms with Crippen molar-refractivity contribution < 1.29 is 51.9 Å². The van der Waals surface area contributed by atoms with E-state index in [1.165, 1.54) is 25.5 Å². The Hall–Kier alpha value is -5.50. The number of amides is 6. The molecule has 0 saturated heterocycles. The zero-order valence-corrected chi connectivity index (χ0v) is 36.4. The van der Waals surface area contributed by atoms with E-state index >= 15 is 0 Å². The predicted octanol–water partition coefficient (Wildman–Crippen LogP) is 2.04. The number of carboxylic acid groups (broad SMARTS) is 1. The van der Waals surface area contributed by atoms with Crippen molar-refractivity contribution in [1.29, 1.82) is 0 Å². The third-order valence-corrected chi connectivity index (χ3v) is 12.1. The van der Waals surface area contributed by atoms with Gasteiger partial charge in [0.05, 0.1) is 29.4 Å². The molecule has 3 rings (SSSR count). The number of ketones is 1. The first kappa shape index (κ1) is 49.9. The highest BCUT2D eigenvalue weighted by Gasteiger charge is 2.36. The van der Waals surface area contributed by atoms with Crippen molar-refractivity contribution in [3.8, 4) is 0 Å². The van der Waals surface area contributed by atoms with Crippen molar-refractivity contribution in [2.45, 2.75) is 121 Å². The molecule has 1 aliphatic rings. The number of Topliss-reactive ketones (excluding diaryl/α,β-unsaturated/α-hetero) is 1. The van der Waals surface area contributed by atoms with Crippen LogP contribution in [0.3, 0.4) is 0 Å². The highest BCUT2D eigenvalue weighted by atomic mass is 35.5. The number of hydrogen-bond donors (Lipinski definition) is 7. The Bertz CT molecular complexity index is 2030. The maximum absolute atomic E-state index is 14.1. The molecule has 6 amide bonds. The Kier molecular flexibility index (Phi) is 19.2. The van der Waals surface area contributed by atoms with E-state index in [0.717, 1.165) is 50.3 Å². The average molecular weight is 891 g/mol. The summed E-state index contributed by atoms with van der Waals surface area (Å²) < 4.78 is 27.2. The summed E-state index contributed by atoms with van der Waals surface area (Å²) in [5.41, 5.74) is -0.415. The van der Waals surface area contributed by atoms with E-state index in [-0.39, 0.29) is 41.8 Å². The molecular weight excluding hydrogens is 836 g/mol. The first-order chi connectivity index (χ1) is 28.8. The lowest BCUT2D eigenvalue weighted by Gasteiger charge is -2.31. The molecule has 1 saturated carbocycles. The van der Waals surface area contributed by atoms with Gasteiger partial charge in [0.1, 0.15) is 28.7 Å². The highest BCUT2D eigenvalue weighted by Crippen LogP contribution is 2.28. The summed E-state index contributed by atoms with van der Waals surface area (Å²) in [4.78, 5) is 112. The number of hydrogen-bond acceptors (Lipinski definition) is 12. The lowest BCUT2D eigenvalue weighted by molar-refractivity contribution is -0.141. The minimum atomic E-state index is -4.70. The number of sulfonamides is 1. The summed E-state index contributed by atoms with van der Waals surface area (Å²) >= 11 is 5.92. The number of nitrogens with one attached hydrogen (secondary N) is 6. The van der Waals surface area contributed by atoms with Crippen LogP contribution in [0.25, 0.3) is 0 Å². The van der Waals surface area contributed by atoms with Crippen molar-refractivity contribution in [1.82, 2.24) is 41.3 Å². The minimum Gasteiger partial charge on any atom is -0.478 e. The molecule has 1 aliphatic carbocycles. The number of benzene rings is 1. The summed E-state index contributed by atoms with van der Waals surface area (Å²) in [6.45, 7) is 7.84. The Balaban J connectivity index is 1.74. The van der Waals surface area contributed by atoms with Crippen LogP contribution >= 0.6 is 11.6 Å². The average Bonchev–Trinajstić information content (AvgIpc) is 3.22. The van der Waals surface area contributed by atoms with Gasteiger partial charge >= 0.3 is 5.97 Å². The Labute approximate surface area is 359 Å². The van der Waals surface area contributed by atoms with E-state index in [0.29, 0.717) is 6.42 Å². The van der Waals surface area contributed by atoms with Crippen molar-refractivity contribution >= 4 is 68.8 Å². The largest absolute Gasteiger partial charge is 0.478 e. The molecule has 0 bridgehead atoms. The van der Waals surface area contributed by atoms with E-state index in [4.69, 9.17) is 11.6 Å². The maximum Gasteiger partial charge on any atom is 0.335 e. The molecule has 1 fully saturated rings. The molecule has 0 radical (unpaired) electrons. The fourth-order valence-electron chi connectivity index (χ4n) is 6.67. The van der Waals surface area contributed by atoms with Crippen molar-refractivity contribution in [3.05, 3.63) is 53.1 Å². The maximum atomic E-state index is 14.1. The Morgan fingerprint density at radius 2 is 1.49 bits per heavy atom. The van der Waals surface area contributed by atoms with Crippen LogP contribution in [0.5, 0.6) is 0 Å². The van der Waals surface area contributed by atoms with E-state index in [2.05, 4.69) is 31.2 Å². The third kappa shape index (κ3) is 15.2. The molecule has 2 aromatic rings. The molecule has 19 nitrogen and oxygen atoms in total. The molecule has 1 heterocycles. The van der Waals surface area contributed by atoms with Crippen LogP contribution in [-0.4, -0.2) is 101 Å². The van der Waals surface area contributed by atoms with Gasteiger partial charge in [-0.05, 0) is 55.2 Å².